The molecule has 1 aromatic rings. The number of benzene rings is 1. The van der Waals surface area contributed by atoms with Crippen LogP contribution in [0.25, 0.3) is 0 Å². The van der Waals surface area contributed by atoms with Gasteiger partial charge in [0.1, 0.15) is 0 Å². The molecule has 2 N–H and O–H groups in total. The third-order valence-corrected chi connectivity index (χ3v) is 5.76. The molecule has 1 aliphatic heterocycles. The van der Waals surface area contributed by atoms with Crippen LogP contribution in [0.5, 0.6) is 11.5 Å². The smallest absolute Gasteiger partial charge is 0.235 e. The molecule has 138 valence electrons. The van der Waals surface area contributed by atoms with Crippen molar-refractivity contribution in [2.24, 2.45) is 0 Å². The fourth-order valence-corrected chi connectivity index (χ4v) is 4.25. The molecule has 0 spiro atoms. The van der Waals surface area contributed by atoms with Crippen molar-refractivity contribution < 1.29 is 22.7 Å². The summed E-state index contributed by atoms with van der Waals surface area (Å²) in [6.07, 6.45) is 6.57. The maximum atomic E-state index is 12.2. The summed E-state index contributed by atoms with van der Waals surface area (Å²) in [5.74, 6) is 0.664. The summed E-state index contributed by atoms with van der Waals surface area (Å²) in [7, 11) is -3.60. The minimum atomic E-state index is -3.60. The highest BCUT2D eigenvalue weighted by Gasteiger charge is 2.19. The van der Waals surface area contributed by atoms with Gasteiger partial charge in [-0.2, -0.15) is 0 Å². The van der Waals surface area contributed by atoms with Gasteiger partial charge in [-0.25, -0.2) is 13.1 Å². The molecule has 0 saturated heterocycles. The highest BCUT2D eigenvalue weighted by Crippen LogP contribution is 2.32. The fraction of sp³-hybridized carbons (Fsp3) is 0.588. The summed E-state index contributed by atoms with van der Waals surface area (Å²) in [5, 5.41) is 2.93. The number of fused-ring (bicyclic) bond motifs is 1. The summed E-state index contributed by atoms with van der Waals surface area (Å²) in [6, 6.07) is 5.17. The van der Waals surface area contributed by atoms with Crippen LogP contribution in [0, 0.1) is 0 Å². The Morgan fingerprint density at radius 2 is 1.80 bits per heavy atom. The molecule has 1 fully saturated rings. The first-order valence-electron chi connectivity index (χ1n) is 8.67. The van der Waals surface area contributed by atoms with E-state index in [2.05, 4.69) is 10.0 Å². The first-order valence-corrected chi connectivity index (χ1v) is 10.3. The van der Waals surface area contributed by atoms with Crippen LogP contribution in [0.15, 0.2) is 18.2 Å². The lowest BCUT2D eigenvalue weighted by atomic mass is 10.1. The van der Waals surface area contributed by atoms with E-state index in [9.17, 15) is 13.2 Å². The second-order valence-electron chi connectivity index (χ2n) is 6.52. The highest BCUT2D eigenvalue weighted by molar-refractivity contribution is 7.88. The Labute approximate surface area is 148 Å². The van der Waals surface area contributed by atoms with Crippen LogP contribution in [0.2, 0.25) is 0 Å². The van der Waals surface area contributed by atoms with Crippen LogP contribution in [0.1, 0.15) is 44.1 Å². The zero-order valence-corrected chi connectivity index (χ0v) is 14.9. The molecular weight excluding hydrogens is 344 g/mol. The topological polar surface area (TPSA) is 93.7 Å². The minimum absolute atomic E-state index is 0.144. The molecule has 1 heterocycles. The van der Waals surface area contributed by atoms with Crippen molar-refractivity contribution in [1.29, 1.82) is 0 Å². The van der Waals surface area contributed by atoms with Crippen molar-refractivity contribution in [3.8, 4) is 11.5 Å². The van der Waals surface area contributed by atoms with Gasteiger partial charge in [0.15, 0.2) is 11.5 Å². The molecule has 0 aromatic heterocycles. The average Bonchev–Trinajstić information content (AvgIpc) is 2.88. The van der Waals surface area contributed by atoms with Crippen LogP contribution in [-0.2, 0) is 20.6 Å². The standard InChI is InChI=1S/C17H24N2O5S/c20-17(19-14-5-3-1-2-4-6-14)10-18-25(21,22)11-13-7-8-15-16(9-13)24-12-23-15/h7-9,14,18H,1-6,10-12H2,(H,19,20). The molecule has 0 radical (unpaired) electrons. The SMILES string of the molecule is O=C(CNS(=O)(=O)Cc1ccc2c(c1)OCO2)NC1CCCCCC1. The normalized spacial score (nSPS) is 17.9. The number of carbonyl (C=O) groups excluding carboxylic acids is 1. The largest absolute Gasteiger partial charge is 0.454 e. The van der Waals surface area contributed by atoms with Crippen molar-refractivity contribution in [2.45, 2.75) is 50.3 Å². The summed E-state index contributed by atoms with van der Waals surface area (Å²) >= 11 is 0. The zero-order chi connectivity index (χ0) is 17.7. The molecule has 3 rings (SSSR count). The maximum Gasteiger partial charge on any atom is 0.235 e. The Kier molecular flexibility index (Phi) is 5.80. The Morgan fingerprint density at radius 1 is 1.08 bits per heavy atom. The van der Waals surface area contributed by atoms with Crippen LogP contribution in [0.4, 0.5) is 0 Å². The average molecular weight is 368 g/mol. The van der Waals surface area contributed by atoms with Gasteiger partial charge in [0.25, 0.3) is 0 Å². The molecule has 8 heteroatoms. The zero-order valence-electron chi connectivity index (χ0n) is 14.1. The molecule has 25 heavy (non-hydrogen) atoms. The lowest BCUT2D eigenvalue weighted by molar-refractivity contribution is -0.120. The van der Waals surface area contributed by atoms with Crippen molar-refractivity contribution in [2.75, 3.05) is 13.3 Å². The Morgan fingerprint density at radius 3 is 2.56 bits per heavy atom. The van der Waals surface area contributed by atoms with Crippen molar-refractivity contribution in [1.82, 2.24) is 10.0 Å². The number of sulfonamides is 1. The second-order valence-corrected chi connectivity index (χ2v) is 8.33. The van der Waals surface area contributed by atoms with Crippen LogP contribution >= 0.6 is 0 Å². The predicted octanol–water partition coefficient (Wildman–Crippen LogP) is 1.67. The van der Waals surface area contributed by atoms with Gasteiger partial charge >= 0.3 is 0 Å². The van der Waals surface area contributed by atoms with Crippen LogP contribution in [-0.4, -0.2) is 33.7 Å². The molecule has 0 unspecified atom stereocenters. The Bertz CT molecular complexity index is 712. The summed E-state index contributed by atoms with van der Waals surface area (Å²) in [6.45, 7) is -0.0888. The Hall–Kier alpha value is -1.80. The van der Waals surface area contributed by atoms with Gasteiger partial charge in [0.2, 0.25) is 22.7 Å². The number of ether oxygens (including phenoxy) is 2. The summed E-state index contributed by atoms with van der Waals surface area (Å²) < 4.78 is 37.2. The first kappa shape index (κ1) is 18.0. The minimum Gasteiger partial charge on any atom is -0.454 e. The molecule has 2 aliphatic rings. The van der Waals surface area contributed by atoms with E-state index in [-0.39, 0.29) is 31.0 Å². The van der Waals surface area contributed by atoms with Gasteiger partial charge in [-0.05, 0) is 30.5 Å². The predicted molar refractivity (Wildman–Crippen MR) is 92.8 cm³/mol. The quantitative estimate of drug-likeness (QED) is 0.745. The third kappa shape index (κ3) is 5.34. The number of carbonyl (C=O) groups is 1. The molecule has 7 nitrogen and oxygen atoms in total. The molecule has 0 bridgehead atoms. The van der Waals surface area contributed by atoms with E-state index in [1.165, 1.54) is 12.8 Å². The number of nitrogens with one attached hydrogen (secondary N) is 2. The lowest BCUT2D eigenvalue weighted by Gasteiger charge is -2.16. The van der Waals surface area contributed by atoms with Gasteiger partial charge in [0, 0.05) is 6.04 Å². The van der Waals surface area contributed by atoms with E-state index in [0.717, 1.165) is 25.7 Å². The molecular formula is C17H24N2O5S. The van der Waals surface area contributed by atoms with E-state index in [1.807, 2.05) is 0 Å². The van der Waals surface area contributed by atoms with Gasteiger partial charge in [0.05, 0.1) is 12.3 Å². The number of hydrogen-bond donors (Lipinski definition) is 2. The number of hydrogen-bond acceptors (Lipinski definition) is 5. The van der Waals surface area contributed by atoms with E-state index in [0.29, 0.717) is 17.1 Å². The molecule has 1 amide bonds. The van der Waals surface area contributed by atoms with Crippen LogP contribution in [0.3, 0.4) is 0 Å². The van der Waals surface area contributed by atoms with Crippen molar-refractivity contribution in [3.63, 3.8) is 0 Å². The van der Waals surface area contributed by atoms with Gasteiger partial charge in [-0.3, -0.25) is 4.79 Å². The van der Waals surface area contributed by atoms with E-state index in [4.69, 9.17) is 9.47 Å². The number of rotatable bonds is 6. The van der Waals surface area contributed by atoms with Crippen molar-refractivity contribution in [3.05, 3.63) is 23.8 Å². The Balaban J connectivity index is 1.48. The molecule has 1 aromatic carbocycles. The first-order chi connectivity index (χ1) is 12.0. The lowest BCUT2D eigenvalue weighted by Crippen LogP contribution is -2.42. The summed E-state index contributed by atoms with van der Waals surface area (Å²) in [5.41, 5.74) is 0.584. The monoisotopic (exact) mass is 368 g/mol. The highest BCUT2D eigenvalue weighted by atomic mass is 32.2. The fourth-order valence-electron chi connectivity index (χ4n) is 3.18. The van der Waals surface area contributed by atoms with Gasteiger partial charge in [-0.15, -0.1) is 0 Å². The van der Waals surface area contributed by atoms with E-state index >= 15 is 0 Å². The van der Waals surface area contributed by atoms with E-state index < -0.39 is 10.0 Å². The molecule has 0 atom stereocenters. The van der Waals surface area contributed by atoms with Crippen molar-refractivity contribution >= 4 is 15.9 Å². The third-order valence-electron chi connectivity index (χ3n) is 4.47. The second kappa shape index (κ2) is 8.05. The van der Waals surface area contributed by atoms with E-state index in [1.54, 1.807) is 18.2 Å². The number of amides is 1. The maximum absolute atomic E-state index is 12.2. The van der Waals surface area contributed by atoms with Crippen LogP contribution < -0.4 is 19.5 Å². The molecule has 1 aliphatic carbocycles. The van der Waals surface area contributed by atoms with Gasteiger partial charge < -0.3 is 14.8 Å². The van der Waals surface area contributed by atoms with Gasteiger partial charge in [-0.1, -0.05) is 31.7 Å². The molecule has 1 saturated carbocycles. The summed E-state index contributed by atoms with van der Waals surface area (Å²) in [4.78, 5) is 12.0.